The Morgan fingerprint density at radius 2 is 1.70 bits per heavy atom. The predicted octanol–water partition coefficient (Wildman–Crippen LogP) is 5.49. The molecular formula is C26H27NO3. The van der Waals surface area contributed by atoms with Crippen LogP contribution in [-0.4, -0.2) is 24.1 Å². The summed E-state index contributed by atoms with van der Waals surface area (Å²) in [5.74, 6) is -1.05. The maximum Gasteiger partial charge on any atom is 0.315 e. The summed E-state index contributed by atoms with van der Waals surface area (Å²) < 4.78 is 5.42. The zero-order valence-corrected chi connectivity index (χ0v) is 17.6. The van der Waals surface area contributed by atoms with Gasteiger partial charge in [0.15, 0.2) is 5.78 Å². The van der Waals surface area contributed by atoms with E-state index < -0.39 is 5.92 Å². The Balaban J connectivity index is 1.80. The largest absolute Gasteiger partial charge is 0.465 e. The quantitative estimate of drug-likeness (QED) is 0.623. The van der Waals surface area contributed by atoms with Gasteiger partial charge in [-0.3, -0.25) is 14.6 Å². The van der Waals surface area contributed by atoms with Gasteiger partial charge in [0.25, 0.3) is 0 Å². The molecule has 1 unspecified atom stereocenters. The van der Waals surface area contributed by atoms with Crippen LogP contribution >= 0.6 is 0 Å². The molecule has 30 heavy (non-hydrogen) atoms. The van der Waals surface area contributed by atoms with E-state index in [0.717, 1.165) is 40.9 Å². The number of carbonyl (C=O) groups excluding carboxylic acids is 2. The number of hydrogen-bond donors (Lipinski definition) is 0. The normalized spacial score (nSPS) is 21.1. The van der Waals surface area contributed by atoms with Crippen molar-refractivity contribution < 1.29 is 14.3 Å². The van der Waals surface area contributed by atoms with Gasteiger partial charge < -0.3 is 4.74 Å². The molecule has 1 aliphatic carbocycles. The Morgan fingerprint density at radius 1 is 1.00 bits per heavy atom. The van der Waals surface area contributed by atoms with Gasteiger partial charge in [-0.2, -0.15) is 0 Å². The average molecular weight is 402 g/mol. The second-order valence-electron chi connectivity index (χ2n) is 7.79. The molecule has 2 aliphatic rings. The zero-order chi connectivity index (χ0) is 21.1. The first-order valence-corrected chi connectivity index (χ1v) is 10.8. The fourth-order valence-corrected chi connectivity index (χ4v) is 4.59. The first kappa shape index (κ1) is 20.3. The van der Waals surface area contributed by atoms with Crippen LogP contribution in [0.5, 0.6) is 0 Å². The second-order valence-corrected chi connectivity index (χ2v) is 7.79. The summed E-state index contributed by atoms with van der Waals surface area (Å²) in [4.78, 5) is 30.7. The van der Waals surface area contributed by atoms with Gasteiger partial charge in [0.05, 0.1) is 6.61 Å². The van der Waals surface area contributed by atoms with E-state index in [1.54, 1.807) is 0 Å². The number of carbonyl (C=O) groups is 2. The van der Waals surface area contributed by atoms with E-state index in [1.807, 2.05) is 44.2 Å². The minimum Gasteiger partial charge on any atom is -0.465 e. The maximum atomic E-state index is 13.0. The number of nitrogens with zero attached hydrogens (tertiary/aromatic N) is 1. The second kappa shape index (κ2) is 8.78. The highest BCUT2D eigenvalue weighted by Crippen LogP contribution is 2.44. The summed E-state index contributed by atoms with van der Waals surface area (Å²) in [5, 5.41) is 0. The first-order chi connectivity index (χ1) is 14.6. The molecule has 4 nitrogen and oxygen atoms in total. The van der Waals surface area contributed by atoms with Gasteiger partial charge >= 0.3 is 5.97 Å². The molecule has 154 valence electrons. The number of benzene rings is 2. The summed E-state index contributed by atoms with van der Waals surface area (Å²) in [6, 6.07) is 18.4. The number of Topliss-reactive ketones (excluding diaryl/α,β-unsaturated/α-hetero) is 1. The molecule has 4 rings (SSSR count). The van der Waals surface area contributed by atoms with Crippen molar-refractivity contribution in [1.29, 1.82) is 0 Å². The van der Waals surface area contributed by atoms with E-state index >= 15 is 0 Å². The van der Waals surface area contributed by atoms with Crippen molar-refractivity contribution in [2.75, 3.05) is 6.61 Å². The Kier molecular flexibility index (Phi) is 5.93. The van der Waals surface area contributed by atoms with Crippen LogP contribution in [0.25, 0.3) is 11.1 Å². The Hall–Kier alpha value is -3.01. The fourth-order valence-electron chi connectivity index (χ4n) is 4.59. The van der Waals surface area contributed by atoms with Crippen LogP contribution in [0.3, 0.4) is 0 Å². The molecule has 0 bridgehead atoms. The molecule has 0 amide bonds. The van der Waals surface area contributed by atoms with Crippen LogP contribution in [0.2, 0.25) is 0 Å². The van der Waals surface area contributed by atoms with E-state index in [2.05, 4.69) is 24.3 Å². The zero-order valence-electron chi connectivity index (χ0n) is 17.6. The van der Waals surface area contributed by atoms with Crippen molar-refractivity contribution in [3.05, 3.63) is 71.4 Å². The minimum atomic E-state index is -0.543. The van der Waals surface area contributed by atoms with Gasteiger partial charge in [-0.25, -0.2) is 0 Å². The van der Waals surface area contributed by atoms with Crippen LogP contribution in [0.1, 0.15) is 51.0 Å². The lowest BCUT2D eigenvalue weighted by Gasteiger charge is -2.35. The third kappa shape index (κ3) is 3.74. The van der Waals surface area contributed by atoms with Crippen LogP contribution in [0, 0.1) is 5.92 Å². The molecule has 0 N–H and O–H groups in total. The third-order valence-corrected chi connectivity index (χ3v) is 5.99. The van der Waals surface area contributed by atoms with Crippen LogP contribution in [0.15, 0.2) is 70.9 Å². The minimum absolute atomic E-state index is 0.113. The molecule has 2 atom stereocenters. The Bertz CT molecular complexity index is 1000. The lowest BCUT2D eigenvalue weighted by atomic mass is 9.71. The molecule has 0 spiro atoms. The van der Waals surface area contributed by atoms with E-state index in [4.69, 9.17) is 9.73 Å². The van der Waals surface area contributed by atoms with Gasteiger partial charge in [-0.1, -0.05) is 61.5 Å². The van der Waals surface area contributed by atoms with Crippen molar-refractivity contribution in [2.45, 2.75) is 45.4 Å². The number of esters is 1. The van der Waals surface area contributed by atoms with Crippen LogP contribution in [0.4, 0.5) is 0 Å². The smallest absolute Gasteiger partial charge is 0.315 e. The maximum absolute atomic E-state index is 13.0. The molecular weight excluding hydrogens is 374 g/mol. The highest BCUT2D eigenvalue weighted by Gasteiger charge is 2.43. The molecule has 1 aliphatic heterocycles. The molecule has 2 aromatic rings. The third-order valence-electron chi connectivity index (χ3n) is 5.99. The summed E-state index contributed by atoms with van der Waals surface area (Å²) in [5.41, 5.74) is 5.61. The van der Waals surface area contributed by atoms with E-state index in [-0.39, 0.29) is 17.7 Å². The van der Waals surface area contributed by atoms with Crippen molar-refractivity contribution in [2.24, 2.45) is 10.9 Å². The van der Waals surface area contributed by atoms with E-state index in [0.29, 0.717) is 25.0 Å². The summed E-state index contributed by atoms with van der Waals surface area (Å²) in [6.07, 6.45) is 2.79. The number of aliphatic imine (C=N–C) groups is 1. The van der Waals surface area contributed by atoms with Crippen molar-refractivity contribution in [3.8, 4) is 11.1 Å². The fraction of sp³-hybridized carbons (Fsp3) is 0.346. The SMILES string of the molecule is CCOC(=O)C1C(CC)=NC2=C(C(=O)CCC2)[C@H]1c1ccc(-c2ccccc2)cc1. The Morgan fingerprint density at radius 3 is 2.37 bits per heavy atom. The van der Waals surface area contributed by atoms with Crippen molar-refractivity contribution in [3.63, 3.8) is 0 Å². The van der Waals surface area contributed by atoms with Gasteiger partial charge in [0.1, 0.15) is 5.92 Å². The lowest BCUT2D eigenvalue weighted by Crippen LogP contribution is -2.38. The molecule has 0 radical (unpaired) electrons. The molecule has 2 aromatic carbocycles. The Labute approximate surface area is 177 Å². The lowest BCUT2D eigenvalue weighted by molar-refractivity contribution is -0.146. The van der Waals surface area contributed by atoms with Crippen molar-refractivity contribution >= 4 is 17.5 Å². The standard InChI is InChI=1S/C26H27NO3/c1-3-20-25(26(29)30-4-2)23(24-21(27-20)11-8-12-22(24)28)19-15-13-18(14-16-19)17-9-6-5-7-10-17/h5-7,9-10,13-16,23,25H,3-4,8,11-12H2,1-2H3/t23-,25?/m1/s1. The molecule has 4 heteroatoms. The molecule has 0 saturated heterocycles. The number of ketones is 1. The summed E-state index contributed by atoms with van der Waals surface area (Å²) in [7, 11) is 0. The number of hydrogen-bond acceptors (Lipinski definition) is 4. The highest BCUT2D eigenvalue weighted by molar-refractivity contribution is 6.09. The molecule has 0 fully saturated rings. The van der Waals surface area contributed by atoms with Crippen molar-refractivity contribution in [1.82, 2.24) is 0 Å². The van der Waals surface area contributed by atoms with E-state index in [1.165, 1.54) is 0 Å². The van der Waals surface area contributed by atoms with E-state index in [9.17, 15) is 9.59 Å². The van der Waals surface area contributed by atoms with Crippen LogP contribution in [-0.2, 0) is 14.3 Å². The predicted molar refractivity (Wildman–Crippen MR) is 118 cm³/mol. The van der Waals surface area contributed by atoms with Gasteiger partial charge in [0.2, 0.25) is 0 Å². The molecule has 0 saturated carbocycles. The number of ether oxygens (including phenoxy) is 1. The number of rotatable bonds is 5. The van der Waals surface area contributed by atoms with Crippen LogP contribution < -0.4 is 0 Å². The van der Waals surface area contributed by atoms with Gasteiger partial charge in [0, 0.05) is 29.3 Å². The number of allylic oxidation sites excluding steroid dienone is 2. The highest BCUT2D eigenvalue weighted by atomic mass is 16.5. The molecule has 0 aromatic heterocycles. The van der Waals surface area contributed by atoms with Gasteiger partial charge in [-0.05, 0) is 42.9 Å². The van der Waals surface area contributed by atoms with Gasteiger partial charge in [-0.15, -0.1) is 0 Å². The topological polar surface area (TPSA) is 55.7 Å². The summed E-state index contributed by atoms with van der Waals surface area (Å²) >= 11 is 0. The summed E-state index contributed by atoms with van der Waals surface area (Å²) in [6.45, 7) is 4.13. The molecule has 1 heterocycles. The first-order valence-electron chi connectivity index (χ1n) is 10.8. The monoisotopic (exact) mass is 401 g/mol. The average Bonchev–Trinajstić information content (AvgIpc) is 2.79.